The number of hydrogen-bond donors (Lipinski definition) is 1. The molecule has 0 unspecified atom stereocenters. The van der Waals surface area contributed by atoms with Gasteiger partial charge in [-0.2, -0.15) is 11.8 Å². The fraction of sp³-hybridized carbons (Fsp3) is 0.556. The molecule has 26 heavy (non-hydrogen) atoms. The Morgan fingerprint density at radius 3 is 2.62 bits per heavy atom. The average Bonchev–Trinajstić information content (AvgIpc) is 2.94. The highest BCUT2D eigenvalue weighted by Gasteiger charge is 2.23. The van der Waals surface area contributed by atoms with Gasteiger partial charge < -0.3 is 14.8 Å². The number of fused-ring (bicyclic) bond motifs is 1. The molecule has 1 saturated heterocycles. The van der Waals surface area contributed by atoms with E-state index in [0.29, 0.717) is 12.5 Å². The number of halogens is 2. The number of rotatable bonds is 6. The maximum Gasteiger partial charge on any atom is 0.242 e. The van der Waals surface area contributed by atoms with Crippen molar-refractivity contribution in [3.05, 3.63) is 30.1 Å². The first-order valence-corrected chi connectivity index (χ1v) is 9.97. The molecular weight excluding hydrogens is 391 g/mol. The van der Waals surface area contributed by atoms with Crippen LogP contribution in [0.25, 0.3) is 11.0 Å². The summed E-state index contributed by atoms with van der Waals surface area (Å²) in [4.78, 5) is 19.5. The number of hydrogen-bond acceptors (Lipinski definition) is 4. The van der Waals surface area contributed by atoms with E-state index >= 15 is 0 Å². The Balaban J connectivity index is 0.00000169. The molecule has 1 aromatic carbocycles. The molecule has 0 bridgehead atoms. The van der Waals surface area contributed by atoms with E-state index in [-0.39, 0.29) is 30.7 Å². The number of carbonyl (C=O) groups is 1. The minimum Gasteiger partial charge on any atom is -0.341 e. The third kappa shape index (κ3) is 5.28. The van der Waals surface area contributed by atoms with E-state index in [1.807, 2.05) is 30.1 Å². The first-order chi connectivity index (χ1) is 11.7. The predicted octanol–water partition coefficient (Wildman–Crippen LogP) is 3.20. The molecule has 1 fully saturated rings. The van der Waals surface area contributed by atoms with Crippen LogP contribution in [0.2, 0.25) is 0 Å². The Kier molecular flexibility index (Phi) is 9.79. The number of amides is 1. The molecule has 2 aromatic rings. The molecule has 146 valence electrons. The zero-order chi connectivity index (χ0) is 16.9. The van der Waals surface area contributed by atoms with Gasteiger partial charge in [-0.15, -0.1) is 24.8 Å². The number of nitrogens with zero attached hydrogens (tertiary/aromatic N) is 3. The smallest absolute Gasteiger partial charge is 0.242 e. The summed E-state index contributed by atoms with van der Waals surface area (Å²) < 4.78 is 2.09. The van der Waals surface area contributed by atoms with Crippen molar-refractivity contribution in [1.29, 1.82) is 0 Å². The van der Waals surface area contributed by atoms with Gasteiger partial charge in [0.2, 0.25) is 5.91 Å². The SMILES string of the molecule is CNCC1CCN(C(=O)Cn2c(CSC)nc3ccccc32)CC1.Cl.Cl. The average molecular weight is 419 g/mol. The number of piperidine rings is 1. The summed E-state index contributed by atoms with van der Waals surface area (Å²) in [7, 11) is 1.99. The largest absolute Gasteiger partial charge is 0.341 e. The number of nitrogens with one attached hydrogen (secondary N) is 1. The van der Waals surface area contributed by atoms with Gasteiger partial charge in [0.05, 0.1) is 16.8 Å². The molecule has 0 saturated carbocycles. The maximum absolute atomic E-state index is 12.8. The Hall–Kier alpha value is -0.950. The zero-order valence-corrected chi connectivity index (χ0v) is 17.8. The Bertz CT molecular complexity index is 702. The summed E-state index contributed by atoms with van der Waals surface area (Å²) in [6.45, 7) is 3.19. The number of thioether (sulfide) groups is 1. The second-order valence-corrected chi connectivity index (χ2v) is 7.28. The van der Waals surface area contributed by atoms with E-state index in [1.54, 1.807) is 11.8 Å². The molecule has 0 spiro atoms. The maximum atomic E-state index is 12.8. The second kappa shape index (κ2) is 11.0. The quantitative estimate of drug-likeness (QED) is 0.782. The topological polar surface area (TPSA) is 50.2 Å². The number of para-hydroxylation sites is 2. The van der Waals surface area contributed by atoms with Crippen molar-refractivity contribution >= 4 is 53.5 Å². The van der Waals surface area contributed by atoms with Crippen molar-refractivity contribution in [2.45, 2.75) is 25.1 Å². The standard InChI is InChI=1S/C18H26N4OS.2ClH/c1-19-11-14-7-9-21(10-8-14)18(23)12-22-16-6-4-3-5-15(16)20-17(22)13-24-2;;/h3-6,14,19H,7-13H2,1-2H3;2*1H. The van der Waals surface area contributed by atoms with Crippen molar-refractivity contribution in [2.24, 2.45) is 5.92 Å². The molecule has 1 aromatic heterocycles. The fourth-order valence-electron chi connectivity index (χ4n) is 3.45. The van der Waals surface area contributed by atoms with Crippen LogP contribution < -0.4 is 5.32 Å². The van der Waals surface area contributed by atoms with E-state index in [1.165, 1.54) is 0 Å². The molecule has 2 heterocycles. The van der Waals surface area contributed by atoms with Crippen molar-refractivity contribution in [3.8, 4) is 0 Å². The van der Waals surface area contributed by atoms with Crippen LogP contribution in [-0.2, 0) is 17.1 Å². The lowest BCUT2D eigenvalue weighted by Crippen LogP contribution is -2.42. The molecule has 3 rings (SSSR count). The van der Waals surface area contributed by atoms with Crippen molar-refractivity contribution in [2.75, 3.05) is 32.9 Å². The van der Waals surface area contributed by atoms with E-state index in [2.05, 4.69) is 22.2 Å². The van der Waals surface area contributed by atoms with Crippen LogP contribution in [0.3, 0.4) is 0 Å². The predicted molar refractivity (Wildman–Crippen MR) is 115 cm³/mol. The van der Waals surface area contributed by atoms with E-state index in [9.17, 15) is 4.79 Å². The molecule has 0 radical (unpaired) electrons. The van der Waals surface area contributed by atoms with Crippen LogP contribution in [0.1, 0.15) is 18.7 Å². The van der Waals surface area contributed by atoms with Crippen LogP contribution in [0.15, 0.2) is 24.3 Å². The van der Waals surface area contributed by atoms with Crippen LogP contribution in [0.4, 0.5) is 0 Å². The molecule has 0 aliphatic carbocycles. The highest BCUT2D eigenvalue weighted by atomic mass is 35.5. The molecule has 1 aliphatic heterocycles. The fourth-order valence-corrected chi connectivity index (χ4v) is 3.93. The lowest BCUT2D eigenvalue weighted by molar-refractivity contribution is -0.133. The molecule has 0 atom stereocenters. The lowest BCUT2D eigenvalue weighted by Gasteiger charge is -2.32. The Labute approximate surface area is 172 Å². The van der Waals surface area contributed by atoms with E-state index in [4.69, 9.17) is 4.98 Å². The third-order valence-electron chi connectivity index (χ3n) is 4.76. The van der Waals surface area contributed by atoms with Crippen LogP contribution in [0, 0.1) is 5.92 Å². The number of carbonyl (C=O) groups excluding carboxylic acids is 1. The van der Waals surface area contributed by atoms with Crippen molar-refractivity contribution < 1.29 is 4.79 Å². The van der Waals surface area contributed by atoms with Gasteiger partial charge in [0, 0.05) is 13.1 Å². The summed E-state index contributed by atoms with van der Waals surface area (Å²) in [6, 6.07) is 8.08. The van der Waals surface area contributed by atoms with Gasteiger partial charge in [0.15, 0.2) is 0 Å². The van der Waals surface area contributed by atoms with Gasteiger partial charge >= 0.3 is 0 Å². The minimum absolute atomic E-state index is 0. The highest BCUT2D eigenvalue weighted by Crippen LogP contribution is 2.21. The monoisotopic (exact) mass is 418 g/mol. The number of benzene rings is 1. The van der Waals surface area contributed by atoms with Crippen molar-refractivity contribution in [1.82, 2.24) is 19.8 Å². The minimum atomic E-state index is 0. The van der Waals surface area contributed by atoms with Gasteiger partial charge in [-0.05, 0) is 50.7 Å². The molecule has 1 aliphatic rings. The van der Waals surface area contributed by atoms with Gasteiger partial charge in [-0.25, -0.2) is 4.98 Å². The van der Waals surface area contributed by atoms with E-state index in [0.717, 1.165) is 55.1 Å². The second-order valence-electron chi connectivity index (χ2n) is 6.42. The lowest BCUT2D eigenvalue weighted by atomic mass is 9.97. The summed E-state index contributed by atoms with van der Waals surface area (Å²) in [5.41, 5.74) is 2.03. The van der Waals surface area contributed by atoms with Gasteiger partial charge in [0.1, 0.15) is 12.4 Å². The Morgan fingerprint density at radius 1 is 1.27 bits per heavy atom. The summed E-state index contributed by atoms with van der Waals surface area (Å²) >= 11 is 1.74. The van der Waals surface area contributed by atoms with Crippen molar-refractivity contribution in [3.63, 3.8) is 0 Å². The third-order valence-corrected chi connectivity index (χ3v) is 5.31. The molecule has 8 heteroatoms. The van der Waals surface area contributed by atoms with E-state index < -0.39 is 0 Å². The summed E-state index contributed by atoms with van der Waals surface area (Å²) in [5.74, 6) is 2.72. The molecule has 5 nitrogen and oxygen atoms in total. The summed E-state index contributed by atoms with van der Waals surface area (Å²) in [6.07, 6.45) is 4.25. The van der Waals surface area contributed by atoms with Gasteiger partial charge in [0.25, 0.3) is 0 Å². The first kappa shape index (κ1) is 23.1. The van der Waals surface area contributed by atoms with Gasteiger partial charge in [-0.1, -0.05) is 12.1 Å². The normalized spacial score (nSPS) is 14.8. The summed E-state index contributed by atoms with van der Waals surface area (Å²) in [5, 5.41) is 3.24. The van der Waals surface area contributed by atoms with Crippen LogP contribution in [-0.4, -0.2) is 53.3 Å². The van der Waals surface area contributed by atoms with Crippen LogP contribution >= 0.6 is 36.6 Å². The van der Waals surface area contributed by atoms with Gasteiger partial charge in [-0.3, -0.25) is 4.79 Å². The first-order valence-electron chi connectivity index (χ1n) is 8.58. The molecule has 1 N–H and O–H groups in total. The molecule has 1 amide bonds. The highest BCUT2D eigenvalue weighted by molar-refractivity contribution is 7.97. The zero-order valence-electron chi connectivity index (χ0n) is 15.3. The molecular formula is C18H28Cl2N4OS. The number of imidazole rings is 1. The number of aromatic nitrogens is 2. The van der Waals surface area contributed by atoms with Crippen LogP contribution in [0.5, 0.6) is 0 Å². The number of likely N-dealkylation sites (tertiary alicyclic amines) is 1. The Morgan fingerprint density at radius 2 is 1.96 bits per heavy atom.